The average Bonchev–Trinajstić information content (AvgIpc) is 1.91. The fourth-order valence-electron chi connectivity index (χ4n) is 0.512. The van der Waals surface area contributed by atoms with E-state index in [2.05, 4.69) is 25.5 Å². The fraction of sp³-hybridized carbons (Fsp3) is 0.714. The van der Waals surface area contributed by atoms with Crippen LogP contribution in [0.2, 0.25) is 0 Å². The number of hydrogen-bond acceptors (Lipinski definition) is 2. The lowest BCUT2D eigenvalue weighted by atomic mass is 10.3. The number of allylic oxidation sites excluding steroid dienone is 1. The van der Waals surface area contributed by atoms with Crippen LogP contribution in [-0.4, -0.2) is 12.5 Å². The highest BCUT2D eigenvalue weighted by molar-refractivity contribution is 8.21. The van der Waals surface area contributed by atoms with Crippen LogP contribution in [0.1, 0.15) is 19.8 Å². The van der Waals surface area contributed by atoms with E-state index in [0.717, 1.165) is 0 Å². The van der Waals surface area contributed by atoms with E-state index >= 15 is 0 Å². The van der Waals surface area contributed by atoms with Gasteiger partial charge in [-0.2, -0.15) is 0 Å². The first kappa shape index (κ1) is 9.44. The van der Waals surface area contributed by atoms with Crippen molar-refractivity contribution in [2.75, 3.05) is 12.5 Å². The summed E-state index contributed by atoms with van der Waals surface area (Å²) in [4.78, 5) is 0. The van der Waals surface area contributed by atoms with E-state index in [-0.39, 0.29) is 0 Å². The maximum absolute atomic E-state index is 2.30. The highest BCUT2D eigenvalue weighted by atomic mass is 32.2. The molecule has 0 spiro atoms. The summed E-state index contributed by atoms with van der Waals surface area (Å²) in [6.07, 6.45) is 9.02. The molecule has 0 aliphatic heterocycles. The molecule has 2 heteroatoms. The molecule has 0 aliphatic carbocycles. The summed E-state index contributed by atoms with van der Waals surface area (Å²) in [6, 6.07) is 0. The lowest BCUT2D eigenvalue weighted by Gasteiger charge is -1.95. The van der Waals surface area contributed by atoms with E-state index in [1.165, 1.54) is 17.1 Å². The van der Waals surface area contributed by atoms with Crippen molar-refractivity contribution in [2.24, 2.45) is 0 Å². The Hall–Kier alpha value is 0.440. The van der Waals surface area contributed by atoms with Crippen molar-refractivity contribution in [1.82, 2.24) is 0 Å². The van der Waals surface area contributed by atoms with Gasteiger partial charge in [-0.1, -0.05) is 19.4 Å². The SMILES string of the molecule is CCCC=C(SC)SC. The molecule has 0 atom stereocenters. The van der Waals surface area contributed by atoms with Crippen LogP contribution in [0.25, 0.3) is 0 Å². The van der Waals surface area contributed by atoms with Crippen molar-refractivity contribution < 1.29 is 0 Å². The van der Waals surface area contributed by atoms with E-state index < -0.39 is 0 Å². The summed E-state index contributed by atoms with van der Waals surface area (Å²) in [5.74, 6) is 0. The lowest BCUT2D eigenvalue weighted by molar-refractivity contribution is 0.959. The zero-order valence-corrected chi connectivity index (χ0v) is 7.94. The number of hydrogen-bond donors (Lipinski definition) is 0. The summed E-state index contributed by atoms with van der Waals surface area (Å²) in [7, 11) is 0. The maximum atomic E-state index is 2.30. The molecule has 0 rings (SSSR count). The highest BCUT2D eigenvalue weighted by Gasteiger charge is 1.87. The summed E-state index contributed by atoms with van der Waals surface area (Å²) in [5, 5.41) is 0. The van der Waals surface area contributed by atoms with Crippen molar-refractivity contribution >= 4 is 23.5 Å². The standard InChI is InChI=1S/C7H14S2/c1-4-5-6-7(8-2)9-3/h6H,4-5H2,1-3H3. The molecule has 0 aromatic carbocycles. The molecule has 0 radical (unpaired) electrons. The molecule has 0 bridgehead atoms. The van der Waals surface area contributed by atoms with Crippen LogP contribution in [0, 0.1) is 0 Å². The lowest BCUT2D eigenvalue weighted by Crippen LogP contribution is -1.67. The molecule has 9 heavy (non-hydrogen) atoms. The van der Waals surface area contributed by atoms with Gasteiger partial charge in [-0.25, -0.2) is 0 Å². The fourth-order valence-corrected chi connectivity index (χ4v) is 1.75. The smallest absolute Gasteiger partial charge is 0.0355 e. The van der Waals surface area contributed by atoms with Gasteiger partial charge in [0.05, 0.1) is 0 Å². The van der Waals surface area contributed by atoms with E-state index in [9.17, 15) is 0 Å². The molecule has 0 nitrogen and oxygen atoms in total. The summed E-state index contributed by atoms with van der Waals surface area (Å²) < 4.78 is 1.44. The molecular weight excluding hydrogens is 148 g/mol. The minimum Gasteiger partial charge on any atom is -0.123 e. The molecule has 54 valence electrons. The van der Waals surface area contributed by atoms with Gasteiger partial charge in [-0.15, -0.1) is 23.5 Å². The Kier molecular flexibility index (Phi) is 6.88. The Labute approximate surface area is 66.5 Å². The van der Waals surface area contributed by atoms with Crippen molar-refractivity contribution in [3.63, 3.8) is 0 Å². The monoisotopic (exact) mass is 162 g/mol. The number of thioether (sulfide) groups is 2. The first-order valence-electron chi connectivity index (χ1n) is 3.13. The normalized spacial score (nSPS) is 9.22. The predicted octanol–water partition coefficient (Wildman–Crippen LogP) is 3.35. The summed E-state index contributed by atoms with van der Waals surface area (Å²) in [5.41, 5.74) is 0. The van der Waals surface area contributed by atoms with Crippen molar-refractivity contribution in [3.8, 4) is 0 Å². The molecule has 0 aliphatic rings. The van der Waals surface area contributed by atoms with Crippen LogP contribution >= 0.6 is 23.5 Å². The van der Waals surface area contributed by atoms with Gasteiger partial charge in [0.1, 0.15) is 0 Å². The van der Waals surface area contributed by atoms with Gasteiger partial charge in [-0.05, 0) is 18.9 Å². The third kappa shape index (κ3) is 4.91. The van der Waals surface area contributed by atoms with E-state index in [0.29, 0.717) is 0 Å². The van der Waals surface area contributed by atoms with Crippen LogP contribution < -0.4 is 0 Å². The van der Waals surface area contributed by atoms with Gasteiger partial charge in [0.2, 0.25) is 0 Å². The van der Waals surface area contributed by atoms with E-state index in [1.807, 2.05) is 23.5 Å². The van der Waals surface area contributed by atoms with Crippen molar-refractivity contribution in [1.29, 1.82) is 0 Å². The minimum atomic E-state index is 1.22. The van der Waals surface area contributed by atoms with Crippen LogP contribution in [-0.2, 0) is 0 Å². The number of rotatable bonds is 4. The molecular formula is C7H14S2. The molecule has 0 unspecified atom stereocenters. The molecule has 0 saturated carbocycles. The molecule has 0 aromatic heterocycles. The van der Waals surface area contributed by atoms with E-state index in [4.69, 9.17) is 0 Å². The largest absolute Gasteiger partial charge is 0.123 e. The highest BCUT2D eigenvalue weighted by Crippen LogP contribution is 2.23. The Balaban J connectivity index is 3.48. The Morgan fingerprint density at radius 1 is 1.33 bits per heavy atom. The second-order valence-corrected chi connectivity index (χ2v) is 3.67. The molecule has 0 saturated heterocycles. The van der Waals surface area contributed by atoms with Crippen LogP contribution in [0.4, 0.5) is 0 Å². The Morgan fingerprint density at radius 2 is 1.89 bits per heavy atom. The Morgan fingerprint density at radius 3 is 2.22 bits per heavy atom. The zero-order valence-electron chi connectivity index (χ0n) is 6.31. The summed E-state index contributed by atoms with van der Waals surface area (Å²) in [6.45, 7) is 2.20. The second-order valence-electron chi connectivity index (χ2n) is 1.72. The van der Waals surface area contributed by atoms with Gasteiger partial charge in [0.15, 0.2) is 0 Å². The molecule has 0 aromatic rings. The van der Waals surface area contributed by atoms with Gasteiger partial charge < -0.3 is 0 Å². The van der Waals surface area contributed by atoms with Crippen LogP contribution in [0.3, 0.4) is 0 Å². The molecule has 0 heterocycles. The minimum absolute atomic E-state index is 1.22. The Bertz CT molecular complexity index is 80.9. The van der Waals surface area contributed by atoms with Crippen LogP contribution in [0.5, 0.6) is 0 Å². The maximum Gasteiger partial charge on any atom is 0.0355 e. The zero-order chi connectivity index (χ0) is 7.11. The van der Waals surface area contributed by atoms with E-state index in [1.54, 1.807) is 0 Å². The second kappa shape index (κ2) is 6.56. The number of unbranched alkanes of at least 4 members (excludes halogenated alkanes) is 1. The molecule has 0 N–H and O–H groups in total. The third-order valence-electron chi connectivity index (χ3n) is 1.00. The first-order chi connectivity index (χ1) is 4.35. The topological polar surface area (TPSA) is 0 Å². The van der Waals surface area contributed by atoms with Gasteiger partial charge in [0, 0.05) is 4.24 Å². The quantitative estimate of drug-likeness (QED) is 0.621. The molecule has 0 amide bonds. The predicted molar refractivity (Wildman–Crippen MR) is 50.0 cm³/mol. The van der Waals surface area contributed by atoms with Gasteiger partial charge >= 0.3 is 0 Å². The first-order valence-corrected chi connectivity index (χ1v) is 5.58. The summed E-state index contributed by atoms with van der Waals surface area (Å²) >= 11 is 3.67. The van der Waals surface area contributed by atoms with Gasteiger partial charge in [-0.3, -0.25) is 0 Å². The third-order valence-corrected chi connectivity index (χ3v) is 3.14. The molecule has 0 fully saturated rings. The van der Waals surface area contributed by atoms with Crippen molar-refractivity contribution in [2.45, 2.75) is 19.8 Å². The van der Waals surface area contributed by atoms with Gasteiger partial charge in [0.25, 0.3) is 0 Å². The van der Waals surface area contributed by atoms with Crippen LogP contribution in [0.15, 0.2) is 10.3 Å². The average molecular weight is 162 g/mol. The van der Waals surface area contributed by atoms with Crippen molar-refractivity contribution in [3.05, 3.63) is 10.3 Å².